The second-order valence-corrected chi connectivity index (χ2v) is 4.18. The minimum atomic E-state index is -0.552. The van der Waals surface area contributed by atoms with E-state index in [-0.39, 0.29) is 5.91 Å². The van der Waals surface area contributed by atoms with Crippen LogP contribution in [0.15, 0.2) is 18.3 Å². The number of rotatable bonds is 4. The van der Waals surface area contributed by atoms with Gasteiger partial charge >= 0.3 is 0 Å². The third kappa shape index (κ3) is 3.47. The first-order chi connectivity index (χ1) is 7.06. The van der Waals surface area contributed by atoms with Gasteiger partial charge < -0.3 is 5.32 Å². The maximum Gasteiger partial charge on any atom is 0.227 e. The highest BCUT2D eigenvalue weighted by atomic mass is 35.5. The summed E-state index contributed by atoms with van der Waals surface area (Å²) in [6, 6.07) is 3.59. The first-order valence-electron chi connectivity index (χ1n) is 4.67. The smallest absolute Gasteiger partial charge is 0.227 e. The van der Waals surface area contributed by atoms with E-state index in [1.807, 2.05) is 0 Å². The maximum absolute atomic E-state index is 11.6. The summed E-state index contributed by atoms with van der Waals surface area (Å²) in [4.78, 5) is 11.6. The lowest BCUT2D eigenvalue weighted by Crippen LogP contribution is -2.37. The van der Waals surface area contributed by atoms with Crippen molar-refractivity contribution in [3.05, 3.63) is 24.0 Å². The number of nitrogens with zero attached hydrogens (tertiary/aromatic N) is 2. The van der Waals surface area contributed by atoms with Gasteiger partial charge in [0.1, 0.15) is 0 Å². The van der Waals surface area contributed by atoms with Gasteiger partial charge in [-0.15, -0.1) is 11.6 Å². The Labute approximate surface area is 94.0 Å². The lowest BCUT2D eigenvalue weighted by molar-refractivity contribution is -0.128. The van der Waals surface area contributed by atoms with Crippen molar-refractivity contribution in [2.24, 2.45) is 5.41 Å². The van der Waals surface area contributed by atoms with Crippen molar-refractivity contribution in [2.75, 3.05) is 5.88 Å². The molecule has 0 aliphatic heterocycles. The molecule has 0 unspecified atom stereocenters. The topological polar surface area (TPSA) is 54.9 Å². The monoisotopic (exact) mass is 227 g/mol. The minimum absolute atomic E-state index is 0.0804. The van der Waals surface area contributed by atoms with E-state index in [4.69, 9.17) is 11.6 Å². The van der Waals surface area contributed by atoms with Crippen LogP contribution in [0.4, 0.5) is 0 Å². The standard InChI is InChI=1S/C10H14ClN3O/c1-10(2,7-11)9(15)12-6-8-4-3-5-13-14-8/h3-5H,6-7H2,1-2H3,(H,12,15). The Hall–Kier alpha value is -1.16. The van der Waals surface area contributed by atoms with Crippen molar-refractivity contribution in [1.82, 2.24) is 15.5 Å². The Balaban J connectivity index is 2.48. The molecule has 0 radical (unpaired) electrons. The Morgan fingerprint density at radius 1 is 1.60 bits per heavy atom. The van der Waals surface area contributed by atoms with Crippen LogP contribution < -0.4 is 5.32 Å². The van der Waals surface area contributed by atoms with E-state index in [1.54, 1.807) is 32.2 Å². The molecule has 82 valence electrons. The third-order valence-electron chi connectivity index (χ3n) is 2.01. The molecule has 0 aliphatic rings. The molecule has 0 spiro atoms. The maximum atomic E-state index is 11.6. The zero-order chi connectivity index (χ0) is 11.3. The average molecular weight is 228 g/mol. The Bertz CT molecular complexity index is 327. The van der Waals surface area contributed by atoms with Crippen molar-refractivity contribution in [3.63, 3.8) is 0 Å². The van der Waals surface area contributed by atoms with Crippen LogP contribution in [0.25, 0.3) is 0 Å². The third-order valence-corrected chi connectivity index (χ3v) is 2.67. The van der Waals surface area contributed by atoms with E-state index in [0.717, 1.165) is 5.69 Å². The molecule has 0 bridgehead atoms. The summed E-state index contributed by atoms with van der Waals surface area (Å²) in [6.45, 7) is 3.98. The van der Waals surface area contributed by atoms with Crippen molar-refractivity contribution in [1.29, 1.82) is 0 Å². The minimum Gasteiger partial charge on any atom is -0.350 e. The van der Waals surface area contributed by atoms with Crippen LogP contribution in [0.3, 0.4) is 0 Å². The zero-order valence-electron chi connectivity index (χ0n) is 8.83. The van der Waals surface area contributed by atoms with Gasteiger partial charge in [0.25, 0.3) is 0 Å². The molecule has 15 heavy (non-hydrogen) atoms. The number of halogens is 1. The van der Waals surface area contributed by atoms with Crippen LogP contribution in [0.5, 0.6) is 0 Å². The average Bonchev–Trinajstić information content (AvgIpc) is 2.27. The normalized spacial score (nSPS) is 11.1. The molecule has 0 saturated heterocycles. The first kappa shape index (κ1) is 11.9. The van der Waals surface area contributed by atoms with E-state index >= 15 is 0 Å². The molecule has 0 atom stereocenters. The molecule has 5 heteroatoms. The van der Waals surface area contributed by atoms with Crippen molar-refractivity contribution in [3.8, 4) is 0 Å². The van der Waals surface area contributed by atoms with E-state index < -0.39 is 5.41 Å². The van der Waals surface area contributed by atoms with Gasteiger partial charge in [0.2, 0.25) is 5.91 Å². The van der Waals surface area contributed by atoms with Gasteiger partial charge in [0.15, 0.2) is 0 Å². The van der Waals surface area contributed by atoms with Gasteiger partial charge in [-0.1, -0.05) is 0 Å². The number of carbonyl (C=O) groups is 1. The highest BCUT2D eigenvalue weighted by molar-refractivity contribution is 6.19. The molecule has 0 saturated carbocycles. The predicted octanol–water partition coefficient (Wildman–Crippen LogP) is 1.36. The first-order valence-corrected chi connectivity index (χ1v) is 5.20. The number of amides is 1. The lowest BCUT2D eigenvalue weighted by atomic mass is 9.95. The fourth-order valence-corrected chi connectivity index (χ4v) is 1.02. The molecule has 4 nitrogen and oxygen atoms in total. The molecule has 0 aliphatic carbocycles. The molecular formula is C10H14ClN3O. The number of nitrogens with one attached hydrogen (secondary N) is 1. The van der Waals surface area contributed by atoms with Crippen LogP contribution >= 0.6 is 11.6 Å². The van der Waals surface area contributed by atoms with E-state index in [0.29, 0.717) is 12.4 Å². The van der Waals surface area contributed by atoms with E-state index in [1.165, 1.54) is 0 Å². The van der Waals surface area contributed by atoms with Crippen molar-refractivity contribution >= 4 is 17.5 Å². The summed E-state index contributed by atoms with van der Waals surface area (Å²) in [5, 5.41) is 10.3. The number of aromatic nitrogens is 2. The quantitative estimate of drug-likeness (QED) is 0.791. The molecule has 1 rings (SSSR count). The zero-order valence-corrected chi connectivity index (χ0v) is 9.58. The van der Waals surface area contributed by atoms with Gasteiger partial charge in [-0.05, 0) is 26.0 Å². The molecular weight excluding hydrogens is 214 g/mol. The highest BCUT2D eigenvalue weighted by Gasteiger charge is 2.25. The van der Waals surface area contributed by atoms with E-state index in [9.17, 15) is 4.79 Å². The molecule has 1 aromatic heterocycles. The van der Waals surface area contributed by atoms with Gasteiger partial charge in [-0.2, -0.15) is 10.2 Å². The second kappa shape index (κ2) is 5.07. The molecule has 1 amide bonds. The second-order valence-electron chi connectivity index (χ2n) is 3.92. The largest absolute Gasteiger partial charge is 0.350 e. The SMILES string of the molecule is CC(C)(CCl)C(=O)NCc1cccnn1. The Morgan fingerprint density at radius 3 is 2.87 bits per heavy atom. The van der Waals surface area contributed by atoms with Gasteiger partial charge in [0, 0.05) is 12.1 Å². The fraction of sp³-hybridized carbons (Fsp3) is 0.500. The van der Waals surface area contributed by atoms with Gasteiger partial charge in [-0.25, -0.2) is 0 Å². The summed E-state index contributed by atoms with van der Waals surface area (Å²) in [5.41, 5.74) is 0.181. The summed E-state index contributed by atoms with van der Waals surface area (Å²) >= 11 is 5.68. The molecule has 1 aromatic rings. The van der Waals surface area contributed by atoms with Crippen molar-refractivity contribution in [2.45, 2.75) is 20.4 Å². The summed E-state index contributed by atoms with van der Waals surface area (Å²) < 4.78 is 0. The van der Waals surface area contributed by atoms with Crippen molar-refractivity contribution < 1.29 is 4.79 Å². The highest BCUT2D eigenvalue weighted by Crippen LogP contribution is 2.16. The lowest BCUT2D eigenvalue weighted by Gasteiger charge is -2.19. The number of alkyl halides is 1. The molecule has 1 N–H and O–H groups in total. The fourth-order valence-electron chi connectivity index (χ4n) is 0.899. The molecule has 0 fully saturated rings. The number of carbonyl (C=O) groups excluding carboxylic acids is 1. The van der Waals surface area contributed by atoms with Crippen LogP contribution in [0.2, 0.25) is 0 Å². The molecule has 0 aromatic carbocycles. The van der Waals surface area contributed by atoms with Crippen LogP contribution in [0.1, 0.15) is 19.5 Å². The predicted molar refractivity (Wildman–Crippen MR) is 58.4 cm³/mol. The molecule has 1 heterocycles. The number of hydrogen-bond donors (Lipinski definition) is 1. The van der Waals surface area contributed by atoms with Crippen LogP contribution in [0, 0.1) is 5.41 Å². The summed E-state index contributed by atoms with van der Waals surface area (Å²) in [5.74, 6) is 0.211. The van der Waals surface area contributed by atoms with Gasteiger partial charge in [-0.3, -0.25) is 4.79 Å². The Kier molecular flexibility index (Phi) is 4.03. The Morgan fingerprint density at radius 2 is 2.33 bits per heavy atom. The summed E-state index contributed by atoms with van der Waals surface area (Å²) in [7, 11) is 0. The summed E-state index contributed by atoms with van der Waals surface area (Å²) in [6.07, 6.45) is 1.59. The number of hydrogen-bond acceptors (Lipinski definition) is 3. The van der Waals surface area contributed by atoms with Crippen LogP contribution in [-0.2, 0) is 11.3 Å². The van der Waals surface area contributed by atoms with E-state index in [2.05, 4.69) is 15.5 Å². The van der Waals surface area contributed by atoms with Crippen LogP contribution in [-0.4, -0.2) is 22.0 Å². The van der Waals surface area contributed by atoms with Gasteiger partial charge in [0.05, 0.1) is 17.7 Å².